The Labute approximate surface area is 176 Å². The van der Waals surface area contributed by atoms with Gasteiger partial charge < -0.3 is 18.9 Å². The molecule has 0 saturated carbocycles. The number of methoxy groups -OCH3 is 3. The molecule has 0 N–H and O–H groups in total. The molecule has 5 heteroatoms. The van der Waals surface area contributed by atoms with Crippen molar-refractivity contribution < 1.29 is 23.7 Å². The Balaban J connectivity index is 2.02. The molecule has 0 aliphatic carbocycles. The van der Waals surface area contributed by atoms with Crippen molar-refractivity contribution in [3.8, 4) is 34.1 Å². The Morgan fingerprint density at radius 1 is 0.900 bits per heavy atom. The molecular weight excluding hydrogens is 380 g/mol. The molecule has 3 rings (SSSR count). The van der Waals surface area contributed by atoms with E-state index in [0.29, 0.717) is 40.7 Å². The molecule has 0 atom stereocenters. The van der Waals surface area contributed by atoms with Gasteiger partial charge in [0.15, 0.2) is 17.3 Å². The molecule has 0 aliphatic heterocycles. The third kappa shape index (κ3) is 4.46. The van der Waals surface area contributed by atoms with Crippen molar-refractivity contribution in [1.29, 1.82) is 0 Å². The fourth-order valence-corrected chi connectivity index (χ4v) is 3.16. The Morgan fingerprint density at radius 2 is 1.57 bits per heavy atom. The molecule has 0 aliphatic rings. The van der Waals surface area contributed by atoms with Gasteiger partial charge in [-0.3, -0.25) is 4.79 Å². The number of hydrogen-bond acceptors (Lipinski definition) is 5. The van der Waals surface area contributed by atoms with Crippen molar-refractivity contribution in [2.24, 2.45) is 0 Å². The molecule has 30 heavy (non-hydrogen) atoms. The van der Waals surface area contributed by atoms with Crippen LogP contribution in [0.3, 0.4) is 0 Å². The van der Waals surface area contributed by atoms with Gasteiger partial charge in [-0.25, -0.2) is 0 Å². The van der Waals surface area contributed by atoms with Crippen LogP contribution in [-0.4, -0.2) is 27.1 Å². The number of ketones is 1. The maximum absolute atomic E-state index is 12.6. The number of ether oxygens (including phenoxy) is 4. The molecule has 154 valence electrons. The lowest BCUT2D eigenvalue weighted by molar-refractivity contribution is 0.104. The van der Waals surface area contributed by atoms with Crippen LogP contribution >= 0.6 is 0 Å². The number of benzene rings is 3. The predicted octanol–water partition coefficient (Wildman–Crippen LogP) is 5.33. The van der Waals surface area contributed by atoms with Crippen LogP contribution in [0.5, 0.6) is 23.0 Å². The van der Waals surface area contributed by atoms with E-state index in [1.807, 2.05) is 42.5 Å². The number of allylic oxidation sites excluding steroid dienone is 1. The first kappa shape index (κ1) is 21.0. The highest BCUT2D eigenvalue weighted by Gasteiger charge is 2.18. The summed E-state index contributed by atoms with van der Waals surface area (Å²) in [5.41, 5.74) is 2.99. The van der Waals surface area contributed by atoms with Crippen LogP contribution < -0.4 is 18.9 Å². The lowest BCUT2D eigenvalue weighted by atomic mass is 9.96. The van der Waals surface area contributed by atoms with Crippen molar-refractivity contribution in [3.63, 3.8) is 0 Å². The molecule has 3 aromatic carbocycles. The van der Waals surface area contributed by atoms with Crippen LogP contribution in [0.2, 0.25) is 0 Å². The van der Waals surface area contributed by atoms with E-state index in [1.54, 1.807) is 39.5 Å². The number of hydrogen-bond donors (Lipinski definition) is 0. The Hall–Kier alpha value is -3.73. The van der Waals surface area contributed by atoms with Gasteiger partial charge in [0.1, 0.15) is 12.4 Å². The lowest BCUT2D eigenvalue weighted by Crippen LogP contribution is -2.02. The fourth-order valence-electron chi connectivity index (χ4n) is 3.16. The first-order valence-electron chi connectivity index (χ1n) is 9.39. The molecule has 0 radical (unpaired) electrons. The normalized spacial score (nSPS) is 10.2. The highest BCUT2D eigenvalue weighted by molar-refractivity contribution is 6.09. The maximum atomic E-state index is 12.6. The minimum Gasteiger partial charge on any atom is -0.493 e. The van der Waals surface area contributed by atoms with Gasteiger partial charge in [0.2, 0.25) is 5.75 Å². The van der Waals surface area contributed by atoms with E-state index in [0.717, 1.165) is 11.1 Å². The first-order chi connectivity index (χ1) is 14.6. The smallest absolute Gasteiger partial charge is 0.203 e. The van der Waals surface area contributed by atoms with E-state index < -0.39 is 0 Å². The van der Waals surface area contributed by atoms with Gasteiger partial charge in [-0.05, 0) is 53.1 Å². The zero-order valence-corrected chi connectivity index (χ0v) is 17.3. The standard InChI is InChI=1S/C25H24O5/c1-5-22(26)21-15-19(30-16-17-9-7-6-8-10-17)11-12-20(21)18-13-23(27-2)25(29-4)24(14-18)28-3/h5-15H,1,16H2,2-4H3. The van der Waals surface area contributed by atoms with E-state index in [4.69, 9.17) is 18.9 Å². The summed E-state index contributed by atoms with van der Waals surface area (Å²) in [5, 5.41) is 0. The van der Waals surface area contributed by atoms with Crippen LogP contribution in [0.15, 0.2) is 73.3 Å². The Morgan fingerprint density at radius 3 is 2.13 bits per heavy atom. The van der Waals surface area contributed by atoms with Crippen molar-refractivity contribution in [2.45, 2.75) is 6.61 Å². The van der Waals surface area contributed by atoms with Crippen LogP contribution in [0.25, 0.3) is 11.1 Å². The van der Waals surface area contributed by atoms with E-state index in [2.05, 4.69) is 6.58 Å². The molecule has 0 unspecified atom stereocenters. The van der Waals surface area contributed by atoms with Crippen molar-refractivity contribution in [1.82, 2.24) is 0 Å². The monoisotopic (exact) mass is 404 g/mol. The highest BCUT2D eigenvalue weighted by Crippen LogP contribution is 2.42. The van der Waals surface area contributed by atoms with Gasteiger partial charge in [-0.1, -0.05) is 36.9 Å². The summed E-state index contributed by atoms with van der Waals surface area (Å²) in [6.07, 6.45) is 1.29. The van der Waals surface area contributed by atoms with Crippen molar-refractivity contribution >= 4 is 5.78 Å². The Bertz CT molecular complexity index is 1020. The first-order valence-corrected chi connectivity index (χ1v) is 9.39. The largest absolute Gasteiger partial charge is 0.493 e. The summed E-state index contributed by atoms with van der Waals surface area (Å²) in [7, 11) is 4.65. The number of rotatable bonds is 9. The van der Waals surface area contributed by atoms with Crippen molar-refractivity contribution in [3.05, 3.63) is 84.4 Å². The molecule has 0 aromatic heterocycles. The summed E-state index contributed by atoms with van der Waals surface area (Å²) in [5.74, 6) is 1.90. The molecule has 3 aromatic rings. The van der Waals surface area contributed by atoms with E-state index >= 15 is 0 Å². The Kier molecular flexibility index (Phi) is 6.75. The van der Waals surface area contributed by atoms with Crippen LogP contribution in [0, 0.1) is 0 Å². The molecule has 5 nitrogen and oxygen atoms in total. The van der Waals surface area contributed by atoms with Crippen LogP contribution in [-0.2, 0) is 6.61 Å². The SMILES string of the molecule is C=CC(=O)c1cc(OCc2ccccc2)ccc1-c1cc(OC)c(OC)c(OC)c1. The molecule has 0 saturated heterocycles. The fraction of sp³-hybridized carbons (Fsp3) is 0.160. The van der Waals surface area contributed by atoms with E-state index in [-0.39, 0.29) is 5.78 Å². The summed E-state index contributed by atoms with van der Waals surface area (Å²) in [6.45, 7) is 4.04. The van der Waals surface area contributed by atoms with Crippen LogP contribution in [0.1, 0.15) is 15.9 Å². The zero-order chi connectivity index (χ0) is 21.5. The summed E-state index contributed by atoms with van der Waals surface area (Å²) in [6, 6.07) is 18.9. The summed E-state index contributed by atoms with van der Waals surface area (Å²) in [4.78, 5) is 12.6. The third-order valence-electron chi connectivity index (χ3n) is 4.67. The molecule has 0 amide bonds. The zero-order valence-electron chi connectivity index (χ0n) is 17.3. The average molecular weight is 404 g/mol. The third-order valence-corrected chi connectivity index (χ3v) is 4.67. The van der Waals surface area contributed by atoms with Crippen LogP contribution in [0.4, 0.5) is 0 Å². The topological polar surface area (TPSA) is 54.0 Å². The quantitative estimate of drug-likeness (QED) is 0.357. The van der Waals surface area contributed by atoms with Gasteiger partial charge in [0.25, 0.3) is 0 Å². The second-order valence-electron chi connectivity index (χ2n) is 6.46. The molecule has 0 spiro atoms. The van der Waals surface area contributed by atoms with Gasteiger partial charge in [-0.2, -0.15) is 0 Å². The molecule has 0 bridgehead atoms. The summed E-state index contributed by atoms with van der Waals surface area (Å²) < 4.78 is 22.2. The van der Waals surface area contributed by atoms with E-state index in [1.165, 1.54) is 6.08 Å². The number of carbonyl (C=O) groups is 1. The second kappa shape index (κ2) is 9.65. The maximum Gasteiger partial charge on any atom is 0.203 e. The van der Waals surface area contributed by atoms with Gasteiger partial charge in [0, 0.05) is 5.56 Å². The number of carbonyl (C=O) groups excluding carboxylic acids is 1. The lowest BCUT2D eigenvalue weighted by Gasteiger charge is -2.16. The van der Waals surface area contributed by atoms with Gasteiger partial charge in [-0.15, -0.1) is 0 Å². The van der Waals surface area contributed by atoms with Crippen molar-refractivity contribution in [2.75, 3.05) is 21.3 Å². The van der Waals surface area contributed by atoms with Gasteiger partial charge in [0.05, 0.1) is 21.3 Å². The highest BCUT2D eigenvalue weighted by atomic mass is 16.5. The average Bonchev–Trinajstić information content (AvgIpc) is 2.81. The molecule has 0 heterocycles. The van der Waals surface area contributed by atoms with Gasteiger partial charge >= 0.3 is 0 Å². The summed E-state index contributed by atoms with van der Waals surface area (Å²) >= 11 is 0. The minimum absolute atomic E-state index is 0.205. The van der Waals surface area contributed by atoms with E-state index in [9.17, 15) is 4.79 Å². The predicted molar refractivity (Wildman–Crippen MR) is 117 cm³/mol. The minimum atomic E-state index is -0.205. The molecular formula is C25H24O5. The molecule has 0 fully saturated rings. The second-order valence-corrected chi connectivity index (χ2v) is 6.46.